The first kappa shape index (κ1) is 21.0. The molecule has 0 atom stereocenters. The standard InChI is InChI=1S/C22H22F3N5O/c1-21(2)13-30(9-10-31-21)18-12-28-19(14-3-5-15(6-4-14)22(23,24)25)20(29-18)16-7-8-27-11-17(16)26/h3-8,11-12H,9-10,13,26H2,1-2H3. The fourth-order valence-electron chi connectivity index (χ4n) is 3.58. The topological polar surface area (TPSA) is 77.2 Å². The Morgan fingerprint density at radius 3 is 2.45 bits per heavy atom. The maximum atomic E-state index is 13.0. The Morgan fingerprint density at radius 2 is 1.81 bits per heavy atom. The lowest BCUT2D eigenvalue weighted by Crippen LogP contribution is -2.48. The van der Waals surface area contributed by atoms with Gasteiger partial charge in [-0.1, -0.05) is 12.1 Å². The normalized spacial score (nSPS) is 16.4. The van der Waals surface area contributed by atoms with Crippen LogP contribution in [0.5, 0.6) is 0 Å². The molecule has 1 aliphatic rings. The minimum Gasteiger partial charge on any atom is -0.397 e. The average molecular weight is 429 g/mol. The number of ether oxygens (including phenoxy) is 1. The molecule has 0 saturated carbocycles. The molecule has 1 saturated heterocycles. The fourth-order valence-corrected chi connectivity index (χ4v) is 3.58. The van der Waals surface area contributed by atoms with Gasteiger partial charge in [-0.25, -0.2) is 4.98 Å². The summed E-state index contributed by atoms with van der Waals surface area (Å²) < 4.78 is 44.7. The number of aromatic nitrogens is 3. The van der Waals surface area contributed by atoms with E-state index in [-0.39, 0.29) is 5.60 Å². The van der Waals surface area contributed by atoms with Crippen LogP contribution in [0.15, 0.2) is 48.9 Å². The number of rotatable bonds is 3. The average Bonchev–Trinajstić information content (AvgIpc) is 2.72. The molecule has 6 nitrogen and oxygen atoms in total. The van der Waals surface area contributed by atoms with E-state index in [4.69, 9.17) is 15.5 Å². The first-order chi connectivity index (χ1) is 14.6. The van der Waals surface area contributed by atoms with Crippen LogP contribution in [0.3, 0.4) is 0 Å². The molecule has 0 unspecified atom stereocenters. The van der Waals surface area contributed by atoms with E-state index in [9.17, 15) is 13.2 Å². The molecule has 4 rings (SSSR count). The molecule has 1 aromatic carbocycles. The molecule has 9 heteroatoms. The van der Waals surface area contributed by atoms with Crippen LogP contribution in [0, 0.1) is 0 Å². The number of nitrogens with two attached hydrogens (primary N) is 1. The molecule has 0 radical (unpaired) electrons. The van der Waals surface area contributed by atoms with E-state index in [0.717, 1.165) is 12.1 Å². The van der Waals surface area contributed by atoms with Crippen molar-refractivity contribution in [1.82, 2.24) is 15.0 Å². The second-order valence-electron chi connectivity index (χ2n) is 7.99. The van der Waals surface area contributed by atoms with E-state index in [0.29, 0.717) is 53.7 Å². The van der Waals surface area contributed by atoms with Gasteiger partial charge in [-0.15, -0.1) is 0 Å². The van der Waals surface area contributed by atoms with E-state index in [1.54, 1.807) is 18.5 Å². The van der Waals surface area contributed by atoms with Crippen LogP contribution in [0.2, 0.25) is 0 Å². The molecule has 3 aromatic rings. The van der Waals surface area contributed by atoms with Gasteiger partial charge in [0.15, 0.2) is 0 Å². The lowest BCUT2D eigenvalue weighted by Gasteiger charge is -2.38. The van der Waals surface area contributed by atoms with Gasteiger partial charge >= 0.3 is 6.18 Å². The third kappa shape index (κ3) is 4.46. The number of benzene rings is 1. The summed E-state index contributed by atoms with van der Waals surface area (Å²) in [6.45, 7) is 5.85. The van der Waals surface area contributed by atoms with Gasteiger partial charge in [0, 0.05) is 30.4 Å². The first-order valence-electron chi connectivity index (χ1n) is 9.77. The molecule has 2 N–H and O–H groups in total. The predicted octanol–water partition coefficient (Wildman–Crippen LogP) is 4.42. The lowest BCUT2D eigenvalue weighted by atomic mass is 10.0. The molecule has 0 amide bonds. The van der Waals surface area contributed by atoms with Crippen LogP contribution in [-0.4, -0.2) is 40.2 Å². The van der Waals surface area contributed by atoms with Crippen molar-refractivity contribution < 1.29 is 17.9 Å². The summed E-state index contributed by atoms with van der Waals surface area (Å²) in [5, 5.41) is 0. The largest absolute Gasteiger partial charge is 0.416 e. The monoisotopic (exact) mass is 429 g/mol. The number of alkyl halides is 3. The summed E-state index contributed by atoms with van der Waals surface area (Å²) >= 11 is 0. The second kappa shape index (κ2) is 7.81. The van der Waals surface area contributed by atoms with E-state index in [1.807, 2.05) is 13.8 Å². The molecule has 0 bridgehead atoms. The number of hydrogen-bond donors (Lipinski definition) is 1. The Hall–Kier alpha value is -3.20. The molecule has 1 fully saturated rings. The van der Waals surface area contributed by atoms with E-state index in [1.165, 1.54) is 18.3 Å². The highest BCUT2D eigenvalue weighted by Crippen LogP contribution is 2.36. The molecule has 31 heavy (non-hydrogen) atoms. The number of nitrogens with zero attached hydrogens (tertiary/aromatic N) is 4. The number of morpholine rings is 1. The molecule has 1 aliphatic heterocycles. The van der Waals surface area contributed by atoms with Gasteiger partial charge < -0.3 is 15.4 Å². The Labute approximate surface area is 177 Å². The Morgan fingerprint density at radius 1 is 1.06 bits per heavy atom. The highest BCUT2D eigenvalue weighted by Gasteiger charge is 2.31. The quantitative estimate of drug-likeness (QED) is 0.664. The minimum absolute atomic E-state index is 0.331. The van der Waals surface area contributed by atoms with Crippen LogP contribution in [0.25, 0.3) is 22.5 Å². The van der Waals surface area contributed by atoms with Gasteiger partial charge in [-0.3, -0.25) is 9.97 Å². The van der Waals surface area contributed by atoms with Gasteiger partial charge in [0.1, 0.15) is 11.5 Å². The van der Waals surface area contributed by atoms with Crippen molar-refractivity contribution in [3.8, 4) is 22.5 Å². The molecule has 2 aromatic heterocycles. The zero-order valence-electron chi connectivity index (χ0n) is 17.1. The minimum atomic E-state index is -4.41. The predicted molar refractivity (Wildman–Crippen MR) is 112 cm³/mol. The number of hydrogen-bond acceptors (Lipinski definition) is 6. The van der Waals surface area contributed by atoms with Crippen molar-refractivity contribution in [1.29, 1.82) is 0 Å². The third-order valence-electron chi connectivity index (χ3n) is 5.10. The molecular weight excluding hydrogens is 407 g/mol. The van der Waals surface area contributed by atoms with Crippen molar-refractivity contribution in [3.05, 3.63) is 54.5 Å². The van der Waals surface area contributed by atoms with Crippen LogP contribution < -0.4 is 10.6 Å². The number of anilines is 2. The zero-order chi connectivity index (χ0) is 22.2. The number of pyridine rings is 1. The maximum Gasteiger partial charge on any atom is 0.416 e. The van der Waals surface area contributed by atoms with Crippen LogP contribution in [-0.2, 0) is 10.9 Å². The van der Waals surface area contributed by atoms with Crippen LogP contribution in [0.1, 0.15) is 19.4 Å². The summed E-state index contributed by atoms with van der Waals surface area (Å²) in [7, 11) is 0. The van der Waals surface area contributed by atoms with Gasteiger partial charge in [0.2, 0.25) is 0 Å². The maximum absolute atomic E-state index is 13.0. The number of nitrogen functional groups attached to an aromatic ring is 1. The van der Waals surface area contributed by atoms with Crippen LogP contribution in [0.4, 0.5) is 24.7 Å². The Balaban J connectivity index is 1.81. The number of halogens is 3. The van der Waals surface area contributed by atoms with Gasteiger partial charge in [0.25, 0.3) is 0 Å². The van der Waals surface area contributed by atoms with Gasteiger partial charge in [-0.05, 0) is 32.0 Å². The van der Waals surface area contributed by atoms with E-state index >= 15 is 0 Å². The van der Waals surface area contributed by atoms with Crippen molar-refractivity contribution in [3.63, 3.8) is 0 Å². The van der Waals surface area contributed by atoms with Crippen molar-refractivity contribution in [2.45, 2.75) is 25.6 Å². The van der Waals surface area contributed by atoms with Gasteiger partial charge in [0.05, 0.1) is 41.5 Å². The highest BCUT2D eigenvalue weighted by atomic mass is 19.4. The van der Waals surface area contributed by atoms with Crippen molar-refractivity contribution in [2.75, 3.05) is 30.3 Å². The molecule has 162 valence electrons. The lowest BCUT2D eigenvalue weighted by molar-refractivity contribution is -0.137. The van der Waals surface area contributed by atoms with Gasteiger partial charge in [-0.2, -0.15) is 13.2 Å². The first-order valence-corrected chi connectivity index (χ1v) is 9.77. The second-order valence-corrected chi connectivity index (χ2v) is 7.99. The SMILES string of the molecule is CC1(C)CN(c2cnc(-c3ccc(C(F)(F)F)cc3)c(-c3ccncc3N)n2)CCO1. The summed E-state index contributed by atoms with van der Waals surface area (Å²) in [4.78, 5) is 15.5. The van der Waals surface area contributed by atoms with Crippen LogP contribution >= 0.6 is 0 Å². The molecular formula is C22H22F3N5O. The molecule has 0 spiro atoms. The summed E-state index contributed by atoms with van der Waals surface area (Å²) in [6.07, 6.45) is 0.331. The van der Waals surface area contributed by atoms with E-state index in [2.05, 4.69) is 14.9 Å². The fraction of sp³-hybridized carbons (Fsp3) is 0.318. The summed E-state index contributed by atoms with van der Waals surface area (Å²) in [5.74, 6) is 0.651. The molecule has 3 heterocycles. The summed E-state index contributed by atoms with van der Waals surface area (Å²) in [6, 6.07) is 6.58. The van der Waals surface area contributed by atoms with E-state index < -0.39 is 11.7 Å². The summed E-state index contributed by atoms with van der Waals surface area (Å²) in [5.41, 5.74) is 7.56. The Bertz CT molecular complexity index is 1080. The van der Waals surface area contributed by atoms with Crippen molar-refractivity contribution in [2.24, 2.45) is 0 Å². The Kier molecular flexibility index (Phi) is 5.30. The molecule has 0 aliphatic carbocycles. The smallest absolute Gasteiger partial charge is 0.397 e. The third-order valence-corrected chi connectivity index (χ3v) is 5.10. The zero-order valence-corrected chi connectivity index (χ0v) is 17.1. The van der Waals surface area contributed by atoms with Crippen molar-refractivity contribution >= 4 is 11.5 Å². The highest BCUT2D eigenvalue weighted by molar-refractivity contribution is 5.84.